The smallest absolute Gasteiger partial charge is 0.226 e. The zero-order valence-electron chi connectivity index (χ0n) is 9.66. The van der Waals surface area contributed by atoms with Gasteiger partial charge in [-0.1, -0.05) is 20.8 Å². The zero-order valence-corrected chi connectivity index (χ0v) is 9.66. The summed E-state index contributed by atoms with van der Waals surface area (Å²) in [4.78, 5) is 13.8. The number of nitrogens with zero attached hydrogens (tertiary/aromatic N) is 1. The number of nitrogens with two attached hydrogens (primary N) is 1. The third kappa shape index (κ3) is 1.92. The lowest BCUT2D eigenvalue weighted by atomic mass is 9.95. The highest BCUT2D eigenvalue weighted by molar-refractivity contribution is 5.81. The first-order valence-corrected chi connectivity index (χ1v) is 5.55. The summed E-state index contributed by atoms with van der Waals surface area (Å²) < 4.78 is 0. The van der Waals surface area contributed by atoms with Crippen molar-refractivity contribution < 1.29 is 4.79 Å². The summed E-state index contributed by atoms with van der Waals surface area (Å²) in [6.45, 7) is 9.05. The van der Waals surface area contributed by atoms with Crippen LogP contribution >= 0.6 is 0 Å². The molecule has 0 aromatic heterocycles. The number of hydrogen-bond donors (Lipinski definition) is 1. The van der Waals surface area contributed by atoms with Crippen LogP contribution in [0.4, 0.5) is 0 Å². The Kier molecular flexibility index (Phi) is 3.53. The van der Waals surface area contributed by atoms with Gasteiger partial charge in [0.1, 0.15) is 0 Å². The van der Waals surface area contributed by atoms with Crippen LogP contribution in [0.25, 0.3) is 0 Å². The first kappa shape index (κ1) is 11.5. The van der Waals surface area contributed by atoms with Gasteiger partial charge >= 0.3 is 0 Å². The van der Waals surface area contributed by atoms with Crippen molar-refractivity contribution in [1.82, 2.24) is 4.90 Å². The number of amides is 1. The van der Waals surface area contributed by atoms with Crippen LogP contribution in [-0.4, -0.2) is 29.4 Å². The minimum atomic E-state index is 0.124. The lowest BCUT2D eigenvalue weighted by Crippen LogP contribution is -2.42. The van der Waals surface area contributed by atoms with E-state index in [0.29, 0.717) is 18.5 Å². The van der Waals surface area contributed by atoms with Gasteiger partial charge in [-0.25, -0.2) is 0 Å². The van der Waals surface area contributed by atoms with Crippen LogP contribution in [0.3, 0.4) is 0 Å². The van der Waals surface area contributed by atoms with Crippen molar-refractivity contribution >= 4 is 5.91 Å². The summed E-state index contributed by atoms with van der Waals surface area (Å²) in [5, 5.41) is 0. The molecule has 1 rings (SSSR count). The number of carbonyl (C=O) groups excluding carboxylic acids is 1. The summed E-state index contributed by atoms with van der Waals surface area (Å²) in [6, 6.07) is 0.467. The molecule has 0 aromatic carbocycles. The van der Waals surface area contributed by atoms with E-state index in [9.17, 15) is 4.79 Å². The fourth-order valence-corrected chi connectivity index (χ4v) is 2.03. The topological polar surface area (TPSA) is 46.3 Å². The quantitative estimate of drug-likeness (QED) is 0.741. The third-order valence-electron chi connectivity index (χ3n) is 3.67. The molecular formula is C11H22N2O. The van der Waals surface area contributed by atoms with Crippen LogP contribution in [0.2, 0.25) is 0 Å². The van der Waals surface area contributed by atoms with E-state index >= 15 is 0 Å². The summed E-state index contributed by atoms with van der Waals surface area (Å²) in [5.74, 6) is 0.884. The van der Waals surface area contributed by atoms with Gasteiger partial charge in [-0.15, -0.1) is 0 Å². The molecule has 0 aromatic rings. The molecule has 1 amide bonds. The van der Waals surface area contributed by atoms with Crippen molar-refractivity contribution in [3.8, 4) is 0 Å². The molecule has 1 saturated heterocycles. The van der Waals surface area contributed by atoms with Gasteiger partial charge in [0.05, 0.1) is 0 Å². The van der Waals surface area contributed by atoms with Crippen molar-refractivity contribution in [1.29, 1.82) is 0 Å². The fraction of sp³-hybridized carbons (Fsp3) is 0.909. The Hall–Kier alpha value is -0.570. The molecule has 0 saturated carbocycles. The molecule has 3 heteroatoms. The van der Waals surface area contributed by atoms with Crippen LogP contribution in [0, 0.1) is 11.8 Å². The highest BCUT2D eigenvalue weighted by Gasteiger charge is 2.40. The minimum Gasteiger partial charge on any atom is -0.338 e. The van der Waals surface area contributed by atoms with Crippen LogP contribution in [0.15, 0.2) is 0 Å². The standard InChI is InChI=1S/C11H22N2O/c1-5-10(12)6-13-9(4)7(2)8(3)11(13)14/h7-10H,5-6,12H2,1-4H3. The third-order valence-corrected chi connectivity index (χ3v) is 3.67. The monoisotopic (exact) mass is 198 g/mol. The SMILES string of the molecule is CCC(N)CN1C(=O)C(C)C(C)C1C. The molecule has 3 nitrogen and oxygen atoms in total. The van der Waals surface area contributed by atoms with Crippen molar-refractivity contribution in [3.05, 3.63) is 0 Å². The van der Waals surface area contributed by atoms with E-state index in [4.69, 9.17) is 5.73 Å². The maximum atomic E-state index is 11.8. The van der Waals surface area contributed by atoms with Crippen LogP contribution in [0.5, 0.6) is 0 Å². The van der Waals surface area contributed by atoms with Gasteiger partial charge in [-0.05, 0) is 19.3 Å². The molecule has 2 N–H and O–H groups in total. The predicted octanol–water partition coefficient (Wildman–Crippen LogP) is 1.23. The summed E-state index contributed by atoms with van der Waals surface area (Å²) in [5.41, 5.74) is 5.87. The molecular weight excluding hydrogens is 176 g/mol. The molecule has 4 unspecified atom stereocenters. The minimum absolute atomic E-state index is 0.124. The van der Waals surface area contributed by atoms with Crippen LogP contribution in [0.1, 0.15) is 34.1 Å². The maximum absolute atomic E-state index is 11.8. The number of likely N-dealkylation sites (tertiary alicyclic amines) is 1. The van der Waals surface area contributed by atoms with Gasteiger partial charge in [-0.3, -0.25) is 4.79 Å². The molecule has 0 aliphatic carbocycles. The van der Waals surface area contributed by atoms with E-state index < -0.39 is 0 Å². The Bertz CT molecular complexity index is 217. The zero-order chi connectivity index (χ0) is 10.9. The lowest BCUT2D eigenvalue weighted by molar-refractivity contribution is -0.131. The highest BCUT2D eigenvalue weighted by atomic mass is 16.2. The average molecular weight is 198 g/mol. The van der Waals surface area contributed by atoms with Gasteiger partial charge in [-0.2, -0.15) is 0 Å². The van der Waals surface area contributed by atoms with E-state index in [-0.39, 0.29) is 17.9 Å². The van der Waals surface area contributed by atoms with E-state index in [1.807, 2.05) is 11.8 Å². The molecule has 4 atom stereocenters. The average Bonchev–Trinajstić information content (AvgIpc) is 2.35. The Morgan fingerprint density at radius 2 is 2.00 bits per heavy atom. The molecule has 1 fully saturated rings. The van der Waals surface area contributed by atoms with Gasteiger partial charge in [0.2, 0.25) is 5.91 Å². The molecule has 1 aliphatic rings. The second-order valence-electron chi connectivity index (χ2n) is 4.55. The Morgan fingerprint density at radius 1 is 1.43 bits per heavy atom. The second kappa shape index (κ2) is 4.30. The predicted molar refractivity (Wildman–Crippen MR) is 57.8 cm³/mol. The maximum Gasteiger partial charge on any atom is 0.226 e. The van der Waals surface area contributed by atoms with E-state index in [2.05, 4.69) is 20.8 Å². The van der Waals surface area contributed by atoms with Gasteiger partial charge in [0.25, 0.3) is 0 Å². The second-order valence-corrected chi connectivity index (χ2v) is 4.55. The highest BCUT2D eigenvalue weighted by Crippen LogP contribution is 2.30. The number of carbonyl (C=O) groups is 1. The molecule has 1 aliphatic heterocycles. The van der Waals surface area contributed by atoms with Crippen LogP contribution in [-0.2, 0) is 4.79 Å². The Labute approximate surface area is 86.6 Å². The number of rotatable bonds is 3. The Balaban J connectivity index is 2.65. The molecule has 0 radical (unpaired) electrons. The summed E-state index contributed by atoms with van der Waals surface area (Å²) >= 11 is 0. The first-order chi connectivity index (χ1) is 6.49. The van der Waals surface area contributed by atoms with Gasteiger partial charge in [0, 0.05) is 24.5 Å². The molecule has 0 bridgehead atoms. The van der Waals surface area contributed by atoms with E-state index in [1.165, 1.54) is 0 Å². The molecule has 14 heavy (non-hydrogen) atoms. The molecule has 82 valence electrons. The normalized spacial score (nSPS) is 35.1. The van der Waals surface area contributed by atoms with Crippen molar-refractivity contribution in [2.24, 2.45) is 17.6 Å². The van der Waals surface area contributed by atoms with Gasteiger partial charge in [0.15, 0.2) is 0 Å². The summed E-state index contributed by atoms with van der Waals surface area (Å²) in [6.07, 6.45) is 0.930. The van der Waals surface area contributed by atoms with Crippen LogP contribution < -0.4 is 5.73 Å². The van der Waals surface area contributed by atoms with Crippen molar-refractivity contribution in [2.45, 2.75) is 46.2 Å². The van der Waals surface area contributed by atoms with Crippen molar-refractivity contribution in [3.63, 3.8) is 0 Å². The van der Waals surface area contributed by atoms with E-state index in [0.717, 1.165) is 6.42 Å². The first-order valence-electron chi connectivity index (χ1n) is 5.55. The molecule has 1 heterocycles. The number of hydrogen-bond acceptors (Lipinski definition) is 2. The van der Waals surface area contributed by atoms with Gasteiger partial charge < -0.3 is 10.6 Å². The Morgan fingerprint density at radius 3 is 2.36 bits per heavy atom. The van der Waals surface area contributed by atoms with E-state index in [1.54, 1.807) is 0 Å². The molecule has 0 spiro atoms. The fourth-order valence-electron chi connectivity index (χ4n) is 2.03. The lowest BCUT2D eigenvalue weighted by Gasteiger charge is -2.26. The van der Waals surface area contributed by atoms with Crippen molar-refractivity contribution in [2.75, 3.05) is 6.54 Å². The summed E-state index contributed by atoms with van der Waals surface area (Å²) in [7, 11) is 0. The largest absolute Gasteiger partial charge is 0.338 e.